The van der Waals surface area contributed by atoms with Crippen LogP contribution in [-0.2, 0) is 6.54 Å². The summed E-state index contributed by atoms with van der Waals surface area (Å²) >= 11 is 0. The Morgan fingerprint density at radius 3 is 2.95 bits per heavy atom. The average Bonchev–Trinajstić information content (AvgIpc) is 2.72. The van der Waals surface area contributed by atoms with Crippen molar-refractivity contribution in [3.63, 3.8) is 0 Å². The predicted molar refractivity (Wildman–Crippen MR) is 72.2 cm³/mol. The van der Waals surface area contributed by atoms with Crippen LogP contribution in [0.15, 0.2) is 29.2 Å². The van der Waals surface area contributed by atoms with Crippen molar-refractivity contribution >= 4 is 16.5 Å². The number of allylic oxidation sites excluding steroid dienone is 1. The van der Waals surface area contributed by atoms with Crippen LogP contribution in [0, 0.1) is 5.82 Å². The molecule has 19 heavy (non-hydrogen) atoms. The molecule has 3 rings (SSSR count). The van der Waals surface area contributed by atoms with Gasteiger partial charge in [0, 0.05) is 32.4 Å². The number of aryl methyl sites for hydroxylation is 1. The standard InChI is InChI=1S/C14H14FN3O/c1-17(2)8-9-6-7-18-11-5-3-4-10(15)12(11)14(19)16-13(9)18/h3-5,8H,6-7H2,1-2H3/b9-8+. The smallest absolute Gasteiger partial charge is 0.284 e. The zero-order valence-electron chi connectivity index (χ0n) is 10.9. The molecule has 0 N–H and O–H groups in total. The monoisotopic (exact) mass is 259 g/mol. The topological polar surface area (TPSA) is 38.1 Å². The van der Waals surface area contributed by atoms with E-state index < -0.39 is 11.4 Å². The number of hydrogen-bond donors (Lipinski definition) is 0. The van der Waals surface area contributed by atoms with Crippen LogP contribution in [0.1, 0.15) is 12.2 Å². The van der Waals surface area contributed by atoms with Crippen LogP contribution in [0.25, 0.3) is 16.5 Å². The summed E-state index contributed by atoms with van der Waals surface area (Å²) in [6.07, 6.45) is 2.76. The van der Waals surface area contributed by atoms with Gasteiger partial charge in [-0.05, 0) is 18.6 Å². The molecule has 0 amide bonds. The lowest BCUT2D eigenvalue weighted by Gasteiger charge is -2.09. The molecule has 2 heterocycles. The Morgan fingerprint density at radius 1 is 1.42 bits per heavy atom. The quantitative estimate of drug-likeness (QED) is 0.784. The molecule has 0 radical (unpaired) electrons. The van der Waals surface area contributed by atoms with Crippen LogP contribution in [0.2, 0.25) is 0 Å². The Bertz CT molecular complexity index is 746. The molecule has 1 aromatic heterocycles. The molecule has 1 aromatic carbocycles. The van der Waals surface area contributed by atoms with Crippen LogP contribution < -0.4 is 5.56 Å². The van der Waals surface area contributed by atoms with Gasteiger partial charge in [-0.25, -0.2) is 4.39 Å². The molecule has 0 unspecified atom stereocenters. The maximum Gasteiger partial charge on any atom is 0.284 e. The van der Waals surface area contributed by atoms with E-state index in [-0.39, 0.29) is 5.39 Å². The molecule has 0 saturated carbocycles. The summed E-state index contributed by atoms with van der Waals surface area (Å²) in [5.74, 6) is 0.145. The van der Waals surface area contributed by atoms with Gasteiger partial charge in [0.25, 0.3) is 5.56 Å². The molecule has 0 fully saturated rings. The molecule has 0 aliphatic carbocycles. The lowest BCUT2D eigenvalue weighted by molar-refractivity contribution is 0.564. The van der Waals surface area contributed by atoms with E-state index in [2.05, 4.69) is 4.98 Å². The number of fused-ring (bicyclic) bond motifs is 3. The van der Waals surface area contributed by atoms with Crippen LogP contribution in [-0.4, -0.2) is 28.5 Å². The van der Waals surface area contributed by atoms with Crippen molar-refractivity contribution in [2.24, 2.45) is 0 Å². The molecule has 2 aromatic rings. The number of benzene rings is 1. The third kappa shape index (κ3) is 1.82. The van der Waals surface area contributed by atoms with Gasteiger partial charge in [-0.1, -0.05) is 6.07 Å². The van der Waals surface area contributed by atoms with Crippen LogP contribution >= 0.6 is 0 Å². The minimum Gasteiger partial charge on any atom is -0.383 e. The fourth-order valence-corrected chi connectivity index (χ4v) is 2.53. The van der Waals surface area contributed by atoms with E-state index in [0.29, 0.717) is 11.3 Å². The van der Waals surface area contributed by atoms with Gasteiger partial charge in [-0.15, -0.1) is 0 Å². The van der Waals surface area contributed by atoms with Gasteiger partial charge in [0.05, 0.1) is 5.52 Å². The van der Waals surface area contributed by atoms with Crippen molar-refractivity contribution in [2.45, 2.75) is 13.0 Å². The van der Waals surface area contributed by atoms with Crippen LogP contribution in [0.3, 0.4) is 0 Å². The summed E-state index contributed by atoms with van der Waals surface area (Å²) in [6.45, 7) is 0.724. The fraction of sp³-hybridized carbons (Fsp3) is 0.286. The summed E-state index contributed by atoms with van der Waals surface area (Å²) < 4.78 is 15.7. The normalized spacial score (nSPS) is 16.1. The molecule has 0 saturated heterocycles. The highest BCUT2D eigenvalue weighted by Crippen LogP contribution is 2.28. The molecule has 1 aliphatic rings. The van der Waals surface area contributed by atoms with Gasteiger partial charge in [0.15, 0.2) is 0 Å². The minimum absolute atomic E-state index is 0.0809. The second-order valence-electron chi connectivity index (χ2n) is 4.89. The molecule has 0 atom stereocenters. The largest absolute Gasteiger partial charge is 0.383 e. The zero-order valence-corrected chi connectivity index (χ0v) is 10.9. The van der Waals surface area contributed by atoms with E-state index in [1.54, 1.807) is 12.1 Å². The highest BCUT2D eigenvalue weighted by molar-refractivity contribution is 5.81. The average molecular weight is 259 g/mol. The van der Waals surface area contributed by atoms with E-state index in [1.807, 2.05) is 29.8 Å². The first-order valence-corrected chi connectivity index (χ1v) is 6.14. The molecule has 98 valence electrons. The summed E-state index contributed by atoms with van der Waals surface area (Å²) in [5, 5.41) is 0.0809. The zero-order chi connectivity index (χ0) is 13.6. The number of nitrogens with zero attached hydrogens (tertiary/aromatic N) is 3. The fourth-order valence-electron chi connectivity index (χ4n) is 2.53. The first kappa shape index (κ1) is 11.9. The number of halogens is 1. The third-order valence-corrected chi connectivity index (χ3v) is 3.27. The van der Waals surface area contributed by atoms with Gasteiger partial charge < -0.3 is 9.47 Å². The van der Waals surface area contributed by atoms with E-state index in [1.165, 1.54) is 6.07 Å². The Hall–Kier alpha value is -2.17. The van der Waals surface area contributed by atoms with E-state index >= 15 is 0 Å². The van der Waals surface area contributed by atoms with Gasteiger partial charge in [0.2, 0.25) is 0 Å². The molecule has 5 heteroatoms. The van der Waals surface area contributed by atoms with E-state index in [0.717, 1.165) is 18.5 Å². The Kier molecular flexibility index (Phi) is 2.62. The molecule has 1 aliphatic heterocycles. The molecule has 0 bridgehead atoms. The van der Waals surface area contributed by atoms with Gasteiger partial charge >= 0.3 is 0 Å². The minimum atomic E-state index is -0.504. The maximum absolute atomic E-state index is 13.7. The highest BCUT2D eigenvalue weighted by atomic mass is 19.1. The van der Waals surface area contributed by atoms with Crippen molar-refractivity contribution < 1.29 is 4.39 Å². The highest BCUT2D eigenvalue weighted by Gasteiger charge is 2.21. The van der Waals surface area contributed by atoms with E-state index in [9.17, 15) is 9.18 Å². The molecule has 4 nitrogen and oxygen atoms in total. The molecular formula is C14H14FN3O. The molecule has 0 spiro atoms. The first-order chi connectivity index (χ1) is 9.08. The van der Waals surface area contributed by atoms with Crippen molar-refractivity contribution in [1.82, 2.24) is 14.5 Å². The van der Waals surface area contributed by atoms with Crippen molar-refractivity contribution in [2.75, 3.05) is 14.1 Å². The van der Waals surface area contributed by atoms with Crippen LogP contribution in [0.5, 0.6) is 0 Å². The molecular weight excluding hydrogens is 245 g/mol. The summed E-state index contributed by atoms with van der Waals surface area (Å²) in [6, 6.07) is 4.69. The summed E-state index contributed by atoms with van der Waals surface area (Å²) in [7, 11) is 3.85. The third-order valence-electron chi connectivity index (χ3n) is 3.27. The second-order valence-corrected chi connectivity index (χ2v) is 4.89. The van der Waals surface area contributed by atoms with Gasteiger partial charge in [-0.3, -0.25) is 4.79 Å². The lowest BCUT2D eigenvalue weighted by Crippen LogP contribution is -2.16. The van der Waals surface area contributed by atoms with Crippen molar-refractivity contribution in [3.05, 3.63) is 46.4 Å². The Labute approximate surface area is 109 Å². The maximum atomic E-state index is 13.7. The number of rotatable bonds is 1. The summed E-state index contributed by atoms with van der Waals surface area (Å²) in [4.78, 5) is 18.0. The lowest BCUT2D eigenvalue weighted by atomic mass is 10.2. The second kappa shape index (κ2) is 4.19. The SMILES string of the molecule is CN(C)/C=C1\CCn2c1nc(=O)c1c(F)cccc12. The number of hydrogen-bond acceptors (Lipinski definition) is 3. The Balaban J connectivity index is 2.35. The first-order valence-electron chi connectivity index (χ1n) is 6.14. The number of aromatic nitrogens is 2. The van der Waals surface area contributed by atoms with Crippen molar-refractivity contribution in [1.29, 1.82) is 0 Å². The summed E-state index contributed by atoms with van der Waals surface area (Å²) in [5.41, 5.74) is 1.14. The van der Waals surface area contributed by atoms with Gasteiger partial charge in [0.1, 0.15) is 17.0 Å². The predicted octanol–water partition coefficient (Wildman–Crippen LogP) is 1.84. The van der Waals surface area contributed by atoms with Gasteiger partial charge in [-0.2, -0.15) is 4.98 Å². The van der Waals surface area contributed by atoms with Crippen LogP contribution in [0.4, 0.5) is 4.39 Å². The van der Waals surface area contributed by atoms with Crippen molar-refractivity contribution in [3.8, 4) is 0 Å². The van der Waals surface area contributed by atoms with E-state index in [4.69, 9.17) is 0 Å². The Morgan fingerprint density at radius 2 is 2.21 bits per heavy atom.